The summed E-state index contributed by atoms with van der Waals surface area (Å²) in [4.78, 5) is 17.9. The van der Waals surface area contributed by atoms with E-state index in [0.717, 1.165) is 0 Å². The van der Waals surface area contributed by atoms with Gasteiger partial charge >= 0.3 is 11.2 Å². The molecule has 0 aliphatic heterocycles. The number of nitro groups is 1. The average Bonchev–Trinajstić information content (AvgIpc) is 2.32. The Morgan fingerprint density at radius 3 is 2.55 bits per heavy atom. The predicted octanol–water partition coefficient (Wildman–Crippen LogP) is 2.40. The Balaban J connectivity index is 2.82. The van der Waals surface area contributed by atoms with E-state index in [1.54, 1.807) is 0 Å². The molecule has 0 radical (unpaired) electrons. The van der Waals surface area contributed by atoms with Crippen LogP contribution in [0.4, 0.5) is 30.6 Å². The SMILES string of the molecule is CNc1nc(C)c([N+](=O)[O-])c(NCCSC(F)(F)F)n1. The van der Waals surface area contributed by atoms with E-state index in [-0.39, 0.29) is 47.2 Å². The van der Waals surface area contributed by atoms with Crippen molar-refractivity contribution in [1.82, 2.24) is 9.97 Å². The maximum atomic E-state index is 12.0. The molecule has 0 saturated heterocycles. The molecule has 1 rings (SSSR count). The second-order valence-electron chi connectivity index (χ2n) is 3.56. The number of hydrogen-bond acceptors (Lipinski definition) is 7. The quantitative estimate of drug-likeness (QED) is 0.473. The largest absolute Gasteiger partial charge is 0.441 e. The van der Waals surface area contributed by atoms with Gasteiger partial charge in [0.25, 0.3) is 0 Å². The average molecular weight is 311 g/mol. The molecular weight excluding hydrogens is 299 g/mol. The van der Waals surface area contributed by atoms with E-state index in [2.05, 4.69) is 20.6 Å². The summed E-state index contributed by atoms with van der Waals surface area (Å²) in [5, 5.41) is 16.1. The molecule has 0 spiro atoms. The van der Waals surface area contributed by atoms with Gasteiger partial charge in [-0.25, -0.2) is 4.98 Å². The van der Waals surface area contributed by atoms with Gasteiger partial charge in [-0.2, -0.15) is 18.2 Å². The molecule has 0 saturated carbocycles. The summed E-state index contributed by atoms with van der Waals surface area (Å²) in [5.74, 6) is -0.229. The van der Waals surface area contributed by atoms with Crippen LogP contribution in [0.3, 0.4) is 0 Å². The van der Waals surface area contributed by atoms with Gasteiger partial charge in [0, 0.05) is 19.3 Å². The fourth-order valence-electron chi connectivity index (χ4n) is 1.36. The van der Waals surface area contributed by atoms with Crippen LogP contribution in [-0.2, 0) is 0 Å². The molecule has 1 aromatic heterocycles. The minimum atomic E-state index is -4.33. The second-order valence-corrected chi connectivity index (χ2v) is 4.72. The van der Waals surface area contributed by atoms with Crippen molar-refractivity contribution >= 4 is 29.2 Å². The molecule has 0 bridgehead atoms. The van der Waals surface area contributed by atoms with Crippen LogP contribution >= 0.6 is 11.8 Å². The van der Waals surface area contributed by atoms with Crippen molar-refractivity contribution in [2.75, 3.05) is 30.0 Å². The summed E-state index contributed by atoms with van der Waals surface area (Å²) < 4.78 is 35.9. The number of nitrogens with zero attached hydrogens (tertiary/aromatic N) is 3. The number of thioether (sulfide) groups is 1. The summed E-state index contributed by atoms with van der Waals surface area (Å²) >= 11 is -0.210. The lowest BCUT2D eigenvalue weighted by atomic mass is 10.3. The Morgan fingerprint density at radius 1 is 1.40 bits per heavy atom. The fourth-order valence-corrected chi connectivity index (χ4v) is 1.79. The zero-order chi connectivity index (χ0) is 15.3. The fraction of sp³-hybridized carbons (Fsp3) is 0.556. The minimum absolute atomic E-state index is 0.102. The van der Waals surface area contributed by atoms with Crippen molar-refractivity contribution in [3.63, 3.8) is 0 Å². The second kappa shape index (κ2) is 6.59. The molecule has 0 atom stereocenters. The van der Waals surface area contributed by atoms with Gasteiger partial charge in [0.2, 0.25) is 11.8 Å². The van der Waals surface area contributed by atoms with Crippen LogP contribution in [0.1, 0.15) is 5.69 Å². The molecule has 2 N–H and O–H groups in total. The maximum absolute atomic E-state index is 12.0. The number of hydrogen-bond donors (Lipinski definition) is 2. The zero-order valence-corrected chi connectivity index (χ0v) is 11.4. The molecule has 112 valence electrons. The number of aryl methyl sites for hydroxylation is 1. The van der Waals surface area contributed by atoms with E-state index >= 15 is 0 Å². The lowest BCUT2D eigenvalue weighted by molar-refractivity contribution is -0.385. The van der Waals surface area contributed by atoms with E-state index in [0.29, 0.717) is 0 Å². The first-order valence-electron chi connectivity index (χ1n) is 5.40. The van der Waals surface area contributed by atoms with Gasteiger partial charge in [-0.15, -0.1) is 0 Å². The van der Waals surface area contributed by atoms with Gasteiger partial charge in [-0.3, -0.25) is 10.1 Å². The molecule has 0 aliphatic rings. The van der Waals surface area contributed by atoms with Crippen LogP contribution in [0.15, 0.2) is 0 Å². The molecule has 7 nitrogen and oxygen atoms in total. The molecule has 1 heterocycles. The molecular formula is C9H12F3N5O2S. The highest BCUT2D eigenvalue weighted by molar-refractivity contribution is 8.00. The van der Waals surface area contributed by atoms with E-state index in [1.807, 2.05) is 0 Å². The molecule has 0 aliphatic carbocycles. The van der Waals surface area contributed by atoms with Crippen LogP contribution in [0.25, 0.3) is 0 Å². The van der Waals surface area contributed by atoms with Crippen LogP contribution in [0.5, 0.6) is 0 Å². The van der Waals surface area contributed by atoms with Crippen molar-refractivity contribution in [3.8, 4) is 0 Å². The monoisotopic (exact) mass is 311 g/mol. The Morgan fingerprint density at radius 2 is 2.05 bits per heavy atom. The number of aromatic nitrogens is 2. The highest BCUT2D eigenvalue weighted by atomic mass is 32.2. The van der Waals surface area contributed by atoms with Crippen LogP contribution in [-0.4, -0.2) is 39.7 Å². The highest BCUT2D eigenvalue weighted by Crippen LogP contribution is 2.30. The molecule has 0 amide bonds. The molecule has 0 aromatic carbocycles. The van der Waals surface area contributed by atoms with Crippen molar-refractivity contribution in [2.24, 2.45) is 0 Å². The van der Waals surface area contributed by atoms with Crippen LogP contribution in [0.2, 0.25) is 0 Å². The molecule has 1 aromatic rings. The third kappa shape index (κ3) is 4.72. The smallest absolute Gasteiger partial charge is 0.363 e. The molecule has 0 fully saturated rings. The van der Waals surface area contributed by atoms with E-state index in [4.69, 9.17) is 0 Å². The molecule has 20 heavy (non-hydrogen) atoms. The summed E-state index contributed by atoms with van der Waals surface area (Å²) in [6.45, 7) is 1.32. The Labute approximate surface area is 116 Å². The summed E-state index contributed by atoms with van der Waals surface area (Å²) in [5.41, 5.74) is -4.55. The van der Waals surface area contributed by atoms with E-state index in [9.17, 15) is 23.3 Å². The van der Waals surface area contributed by atoms with Crippen LogP contribution < -0.4 is 10.6 Å². The van der Waals surface area contributed by atoms with Crippen LogP contribution in [0, 0.1) is 17.0 Å². The van der Waals surface area contributed by atoms with Gasteiger partial charge in [0.15, 0.2) is 0 Å². The van der Waals surface area contributed by atoms with Crippen molar-refractivity contribution in [1.29, 1.82) is 0 Å². The Kier molecular flexibility index (Phi) is 5.36. The van der Waals surface area contributed by atoms with Crippen molar-refractivity contribution in [2.45, 2.75) is 12.4 Å². The number of nitrogens with one attached hydrogen (secondary N) is 2. The van der Waals surface area contributed by atoms with Gasteiger partial charge in [0.05, 0.1) is 4.92 Å². The van der Waals surface area contributed by atoms with Crippen molar-refractivity contribution < 1.29 is 18.1 Å². The van der Waals surface area contributed by atoms with Crippen molar-refractivity contribution in [3.05, 3.63) is 15.8 Å². The lowest BCUT2D eigenvalue weighted by Crippen LogP contribution is -2.13. The predicted molar refractivity (Wildman–Crippen MR) is 70.0 cm³/mol. The third-order valence-electron chi connectivity index (χ3n) is 2.12. The summed E-state index contributed by atoms with van der Waals surface area (Å²) in [6.07, 6.45) is 0. The zero-order valence-electron chi connectivity index (χ0n) is 10.6. The van der Waals surface area contributed by atoms with E-state index < -0.39 is 10.4 Å². The van der Waals surface area contributed by atoms with Gasteiger partial charge in [-0.1, -0.05) is 0 Å². The van der Waals surface area contributed by atoms with Gasteiger partial charge in [-0.05, 0) is 18.7 Å². The number of alkyl halides is 3. The number of anilines is 2. The first kappa shape index (κ1) is 16.3. The Hall–Kier alpha value is -1.78. The normalized spacial score (nSPS) is 11.2. The van der Waals surface area contributed by atoms with E-state index in [1.165, 1.54) is 14.0 Å². The maximum Gasteiger partial charge on any atom is 0.441 e. The molecule has 0 unspecified atom stereocenters. The first-order chi connectivity index (χ1) is 9.24. The first-order valence-corrected chi connectivity index (χ1v) is 6.38. The number of halogens is 3. The standard InChI is InChI=1S/C9H12F3N5O2S/c1-5-6(17(18)19)7(16-8(13-2)15-5)14-3-4-20-9(10,11)12/h3-4H2,1-2H3,(H2,13,14,15,16). The summed E-state index contributed by atoms with van der Waals surface area (Å²) in [6, 6.07) is 0. The van der Waals surface area contributed by atoms with Gasteiger partial charge in [0.1, 0.15) is 5.69 Å². The highest BCUT2D eigenvalue weighted by Gasteiger charge is 2.28. The van der Waals surface area contributed by atoms with Gasteiger partial charge < -0.3 is 10.6 Å². The topological polar surface area (TPSA) is 93.0 Å². The molecule has 11 heteroatoms. The minimum Gasteiger partial charge on any atom is -0.363 e. The summed E-state index contributed by atoms with van der Waals surface area (Å²) in [7, 11) is 1.53. The third-order valence-corrected chi connectivity index (χ3v) is 2.86. The Bertz CT molecular complexity index is 497. The lowest BCUT2D eigenvalue weighted by Gasteiger charge is -2.10. The number of rotatable bonds is 6.